The summed E-state index contributed by atoms with van der Waals surface area (Å²) < 4.78 is 6.95. The maximum absolute atomic E-state index is 13.2. The maximum atomic E-state index is 13.2. The van der Waals surface area contributed by atoms with Crippen LogP contribution in [0, 0.1) is 0 Å². The Morgan fingerprint density at radius 2 is 0.846 bits per heavy atom. The predicted octanol–water partition coefficient (Wildman–Crippen LogP) is 8.36. The first-order valence-corrected chi connectivity index (χ1v) is 19.9. The van der Waals surface area contributed by atoms with Crippen molar-refractivity contribution in [1.29, 1.82) is 0 Å². The fourth-order valence-corrected chi connectivity index (χ4v) is 13.7. The number of rotatable bonds is 12. The van der Waals surface area contributed by atoms with Crippen LogP contribution in [0.15, 0.2) is 109 Å². The predicted molar refractivity (Wildman–Crippen MR) is 166 cm³/mol. The molecule has 0 fully saturated rings. The molecule has 200 valence electrons. The van der Waals surface area contributed by atoms with Crippen LogP contribution in [0.25, 0.3) is 0 Å². The second-order valence-corrected chi connectivity index (χ2v) is 20.2. The van der Waals surface area contributed by atoms with Crippen LogP contribution in [-0.2, 0) is 17.0 Å². The molecule has 0 bridgehead atoms. The quantitative estimate of drug-likeness (QED) is 0.131. The van der Waals surface area contributed by atoms with Crippen LogP contribution in [0.3, 0.4) is 0 Å². The second kappa shape index (κ2) is 12.6. The molecule has 0 atom stereocenters. The summed E-state index contributed by atoms with van der Waals surface area (Å²) >= 11 is 0. The Hall–Kier alpha value is -3.39. The molecular weight excluding hydrogens is 513 g/mol. The van der Waals surface area contributed by atoms with Crippen molar-refractivity contribution in [3.8, 4) is 0 Å². The van der Waals surface area contributed by atoms with E-state index < -0.39 is 16.6 Å². The largest absolute Gasteiger partial charge is 0.455 e. The van der Waals surface area contributed by atoms with E-state index in [2.05, 4.69) is 38.3 Å². The van der Waals surface area contributed by atoms with Crippen molar-refractivity contribution in [2.75, 3.05) is 0 Å². The van der Waals surface area contributed by atoms with E-state index in [1.165, 1.54) is 0 Å². The standard InChI is InChI=1S/C34H38O3Si2/c1-38(2,25-23-27-15-11-13-21-31(27)33(35)29-17-7-5-8-18-29)37-39(3,4)26-24-28-16-12-14-22-32(28)34(36)30-19-9-6-10-20-30/h5-22H,23-26H2,1-4H3. The summed E-state index contributed by atoms with van der Waals surface area (Å²) in [5, 5.41) is 0. The van der Waals surface area contributed by atoms with Crippen molar-refractivity contribution >= 4 is 28.2 Å². The van der Waals surface area contributed by atoms with Crippen molar-refractivity contribution < 1.29 is 13.7 Å². The molecule has 0 aliphatic carbocycles. The average molecular weight is 551 g/mol. The molecule has 0 saturated carbocycles. The van der Waals surface area contributed by atoms with E-state index in [1.807, 2.05) is 97.1 Å². The van der Waals surface area contributed by atoms with Crippen LogP contribution in [-0.4, -0.2) is 28.2 Å². The highest BCUT2D eigenvalue weighted by atomic mass is 28.4. The van der Waals surface area contributed by atoms with Crippen LogP contribution in [0.2, 0.25) is 38.3 Å². The molecule has 0 amide bonds. The zero-order chi connectivity index (χ0) is 27.9. The number of ketones is 2. The molecule has 3 nitrogen and oxygen atoms in total. The highest BCUT2D eigenvalue weighted by Gasteiger charge is 2.33. The smallest absolute Gasteiger partial charge is 0.193 e. The molecule has 0 heterocycles. The molecular formula is C34H38O3Si2. The topological polar surface area (TPSA) is 43.4 Å². The average Bonchev–Trinajstić information content (AvgIpc) is 2.95. The Labute approximate surface area is 235 Å². The van der Waals surface area contributed by atoms with Crippen LogP contribution in [0.5, 0.6) is 0 Å². The third kappa shape index (κ3) is 7.82. The van der Waals surface area contributed by atoms with E-state index in [-0.39, 0.29) is 11.6 Å². The van der Waals surface area contributed by atoms with Crippen molar-refractivity contribution in [2.24, 2.45) is 0 Å². The van der Waals surface area contributed by atoms with Crippen molar-refractivity contribution in [3.05, 3.63) is 143 Å². The van der Waals surface area contributed by atoms with E-state index in [0.717, 1.165) is 58.3 Å². The lowest BCUT2D eigenvalue weighted by Crippen LogP contribution is -2.44. The van der Waals surface area contributed by atoms with E-state index >= 15 is 0 Å². The summed E-state index contributed by atoms with van der Waals surface area (Å²) in [5.41, 5.74) is 5.18. The number of carbonyl (C=O) groups is 2. The SMILES string of the molecule is C[Si](C)(CCc1ccccc1C(=O)c1ccccc1)O[Si](C)(C)CCc1ccccc1C(=O)c1ccccc1. The first-order chi connectivity index (χ1) is 18.7. The zero-order valence-corrected chi connectivity index (χ0v) is 25.4. The van der Waals surface area contributed by atoms with Crippen LogP contribution in [0.4, 0.5) is 0 Å². The normalized spacial score (nSPS) is 11.8. The number of benzene rings is 4. The van der Waals surface area contributed by atoms with Gasteiger partial charge in [0.2, 0.25) is 0 Å². The van der Waals surface area contributed by atoms with Crippen molar-refractivity contribution in [3.63, 3.8) is 0 Å². The van der Waals surface area contributed by atoms with E-state index in [1.54, 1.807) is 0 Å². The number of carbonyl (C=O) groups excluding carboxylic acids is 2. The summed E-state index contributed by atoms with van der Waals surface area (Å²) in [6.07, 6.45) is 1.65. The molecule has 4 rings (SSSR count). The zero-order valence-electron chi connectivity index (χ0n) is 23.4. The second-order valence-electron chi connectivity index (χ2n) is 11.3. The molecule has 0 radical (unpaired) electrons. The van der Waals surface area contributed by atoms with Gasteiger partial charge >= 0.3 is 0 Å². The fourth-order valence-electron chi connectivity index (χ4n) is 5.13. The molecule has 0 aliphatic heterocycles. The molecule has 5 heteroatoms. The molecule has 4 aromatic carbocycles. The molecule has 0 spiro atoms. The van der Waals surface area contributed by atoms with Gasteiger partial charge in [0.15, 0.2) is 28.2 Å². The van der Waals surface area contributed by atoms with Crippen LogP contribution < -0.4 is 0 Å². The van der Waals surface area contributed by atoms with Gasteiger partial charge in [0.25, 0.3) is 0 Å². The third-order valence-electron chi connectivity index (χ3n) is 7.14. The first kappa shape index (κ1) is 28.6. The Balaban J connectivity index is 1.40. The molecule has 0 N–H and O–H groups in total. The Morgan fingerprint density at radius 1 is 0.513 bits per heavy atom. The minimum atomic E-state index is -2.00. The van der Waals surface area contributed by atoms with Gasteiger partial charge in [-0.3, -0.25) is 9.59 Å². The van der Waals surface area contributed by atoms with E-state index in [4.69, 9.17) is 4.12 Å². The summed E-state index contributed by atoms with van der Waals surface area (Å²) in [6.45, 7) is 9.15. The molecule has 0 saturated heterocycles. The Bertz CT molecular complexity index is 1300. The molecule has 0 unspecified atom stereocenters. The molecule has 0 aromatic heterocycles. The molecule has 39 heavy (non-hydrogen) atoms. The summed E-state index contributed by atoms with van der Waals surface area (Å²) in [6, 6.07) is 36.8. The lowest BCUT2D eigenvalue weighted by Gasteiger charge is -2.34. The number of hydrogen-bond acceptors (Lipinski definition) is 3. The summed E-state index contributed by atoms with van der Waals surface area (Å²) in [7, 11) is -4.00. The fraction of sp³-hybridized carbons (Fsp3) is 0.235. The van der Waals surface area contributed by atoms with Gasteiger partial charge in [-0.25, -0.2) is 0 Å². The van der Waals surface area contributed by atoms with Crippen molar-refractivity contribution in [1.82, 2.24) is 0 Å². The first-order valence-electron chi connectivity index (χ1n) is 13.7. The van der Waals surface area contributed by atoms with Gasteiger partial charge in [0.05, 0.1) is 0 Å². The van der Waals surface area contributed by atoms with Crippen LogP contribution in [0.1, 0.15) is 43.0 Å². The van der Waals surface area contributed by atoms with Gasteiger partial charge in [0.1, 0.15) is 0 Å². The number of hydrogen-bond donors (Lipinski definition) is 0. The highest BCUT2D eigenvalue weighted by molar-refractivity contribution is 6.84. The van der Waals surface area contributed by atoms with Gasteiger partial charge in [-0.15, -0.1) is 0 Å². The van der Waals surface area contributed by atoms with Gasteiger partial charge in [-0.05, 0) is 62.2 Å². The minimum absolute atomic E-state index is 0.0741. The molecule has 4 aromatic rings. The van der Waals surface area contributed by atoms with Gasteiger partial charge in [-0.1, -0.05) is 109 Å². The van der Waals surface area contributed by atoms with Crippen LogP contribution >= 0.6 is 0 Å². The van der Waals surface area contributed by atoms with Crippen molar-refractivity contribution in [2.45, 2.75) is 51.1 Å². The minimum Gasteiger partial charge on any atom is -0.455 e. The Morgan fingerprint density at radius 3 is 1.23 bits per heavy atom. The van der Waals surface area contributed by atoms with Gasteiger partial charge in [-0.2, -0.15) is 0 Å². The summed E-state index contributed by atoms with van der Waals surface area (Å²) in [5.74, 6) is 0.148. The summed E-state index contributed by atoms with van der Waals surface area (Å²) in [4.78, 5) is 26.3. The monoisotopic (exact) mass is 550 g/mol. The Kier molecular flexibility index (Phi) is 9.28. The highest BCUT2D eigenvalue weighted by Crippen LogP contribution is 2.27. The third-order valence-corrected chi connectivity index (χ3v) is 14.5. The van der Waals surface area contributed by atoms with E-state index in [9.17, 15) is 9.59 Å². The lowest BCUT2D eigenvalue weighted by atomic mass is 9.97. The van der Waals surface area contributed by atoms with Gasteiger partial charge in [0, 0.05) is 22.3 Å². The lowest BCUT2D eigenvalue weighted by molar-refractivity contribution is 0.103. The van der Waals surface area contributed by atoms with E-state index in [0.29, 0.717) is 0 Å². The maximum Gasteiger partial charge on any atom is 0.193 e. The van der Waals surface area contributed by atoms with Gasteiger partial charge < -0.3 is 4.12 Å². The molecule has 0 aliphatic rings. The number of aryl methyl sites for hydroxylation is 2.